The van der Waals surface area contributed by atoms with Crippen molar-refractivity contribution in [3.63, 3.8) is 0 Å². The van der Waals surface area contributed by atoms with Crippen LogP contribution in [0.15, 0.2) is 4.99 Å². The second kappa shape index (κ2) is 6.25. The highest BCUT2D eigenvalue weighted by molar-refractivity contribution is 6.25. The van der Waals surface area contributed by atoms with Crippen LogP contribution in [0, 0.1) is 0 Å². The summed E-state index contributed by atoms with van der Waals surface area (Å²) in [5.41, 5.74) is 0. The van der Waals surface area contributed by atoms with Crippen molar-refractivity contribution < 1.29 is 18.9 Å². The third-order valence-electron chi connectivity index (χ3n) is 4.45. The Bertz CT molecular complexity index is 579. The van der Waals surface area contributed by atoms with Crippen molar-refractivity contribution in [2.45, 2.75) is 6.04 Å². The van der Waals surface area contributed by atoms with E-state index in [1.807, 2.05) is 4.90 Å². The molecule has 0 aromatic carbocycles. The zero-order chi connectivity index (χ0) is 16.6. The molecule has 126 valence electrons. The van der Waals surface area contributed by atoms with E-state index in [0.717, 1.165) is 37.0 Å². The predicted octanol–water partition coefficient (Wildman–Crippen LogP) is -1.79. The van der Waals surface area contributed by atoms with Gasteiger partial charge < -0.3 is 10.1 Å². The number of rotatable bonds is 3. The van der Waals surface area contributed by atoms with Crippen LogP contribution in [-0.2, 0) is 9.53 Å². The quantitative estimate of drug-likeness (QED) is 0.621. The first-order valence-electron chi connectivity index (χ1n) is 7.78. The third kappa shape index (κ3) is 2.59. The number of piperazine rings is 1. The Morgan fingerprint density at radius 2 is 1.96 bits per heavy atom. The lowest BCUT2D eigenvalue weighted by Crippen LogP contribution is -2.63. The van der Waals surface area contributed by atoms with Gasteiger partial charge >= 0.3 is 12.0 Å². The summed E-state index contributed by atoms with van der Waals surface area (Å²) in [6.45, 7) is 4.44. The molecule has 9 nitrogen and oxygen atoms in total. The molecule has 23 heavy (non-hydrogen) atoms. The number of carbonyl (C=O) groups excluding carboxylic acids is 2. The van der Waals surface area contributed by atoms with Gasteiger partial charge in [-0.25, -0.2) is 9.69 Å². The molecule has 1 atom stereocenters. The maximum atomic E-state index is 12.6. The Hall–Kier alpha value is -2.00. The van der Waals surface area contributed by atoms with E-state index < -0.39 is 6.04 Å². The maximum Gasteiger partial charge on any atom is 0.392 e. The molecule has 1 unspecified atom stereocenters. The second-order valence-corrected chi connectivity index (χ2v) is 5.83. The van der Waals surface area contributed by atoms with Crippen molar-refractivity contribution in [2.75, 3.05) is 60.5 Å². The molecule has 3 rings (SSSR count). The number of nitrogens with one attached hydrogen (secondary N) is 1. The predicted molar refractivity (Wildman–Crippen MR) is 83.6 cm³/mol. The normalized spacial score (nSPS) is 25.3. The number of imide groups is 1. The van der Waals surface area contributed by atoms with Gasteiger partial charge in [0.25, 0.3) is 5.91 Å². The molecule has 2 saturated heterocycles. The van der Waals surface area contributed by atoms with E-state index >= 15 is 0 Å². The van der Waals surface area contributed by atoms with Crippen LogP contribution in [0.25, 0.3) is 0 Å². The molecule has 2 fully saturated rings. The van der Waals surface area contributed by atoms with Gasteiger partial charge in [-0.1, -0.05) is 4.99 Å². The monoisotopic (exact) mass is 323 g/mol. The van der Waals surface area contributed by atoms with E-state index in [1.54, 1.807) is 14.2 Å². The zero-order valence-corrected chi connectivity index (χ0v) is 13.8. The molecule has 0 bridgehead atoms. The number of methoxy groups -OCH3 is 1. The molecule has 3 heterocycles. The molecule has 0 aliphatic carbocycles. The topological polar surface area (TPSA) is 80.5 Å². The highest BCUT2D eigenvalue weighted by Crippen LogP contribution is 2.22. The number of guanidine groups is 1. The Morgan fingerprint density at radius 3 is 2.61 bits per heavy atom. The number of hydrogen-bond acceptors (Lipinski definition) is 4. The van der Waals surface area contributed by atoms with E-state index in [-0.39, 0.29) is 11.9 Å². The molecule has 3 aliphatic heterocycles. The maximum absolute atomic E-state index is 12.6. The van der Waals surface area contributed by atoms with E-state index in [9.17, 15) is 9.59 Å². The van der Waals surface area contributed by atoms with Crippen LogP contribution >= 0.6 is 0 Å². The van der Waals surface area contributed by atoms with Crippen molar-refractivity contribution in [1.82, 2.24) is 20.0 Å². The number of urea groups is 1. The summed E-state index contributed by atoms with van der Waals surface area (Å²) in [4.78, 5) is 34.0. The highest BCUT2D eigenvalue weighted by Gasteiger charge is 2.55. The fourth-order valence-electron chi connectivity index (χ4n) is 3.12. The summed E-state index contributed by atoms with van der Waals surface area (Å²) < 4.78 is 7.34. The minimum atomic E-state index is -0.553. The van der Waals surface area contributed by atoms with Gasteiger partial charge in [0.15, 0.2) is 0 Å². The number of likely N-dealkylation sites (N-methyl/N-ethyl adjacent to an activating group) is 2. The smallest absolute Gasteiger partial charge is 0.381 e. The molecular weight excluding hydrogens is 300 g/mol. The van der Waals surface area contributed by atoms with Gasteiger partial charge in [-0.2, -0.15) is 0 Å². The first kappa shape index (κ1) is 15.9. The zero-order valence-electron chi connectivity index (χ0n) is 13.8. The lowest BCUT2D eigenvalue weighted by Gasteiger charge is -2.33. The van der Waals surface area contributed by atoms with Crippen molar-refractivity contribution in [3.05, 3.63) is 0 Å². The summed E-state index contributed by atoms with van der Waals surface area (Å²) in [5.74, 6) is 1.02. The minimum Gasteiger partial charge on any atom is -0.381 e. The fraction of sp³-hybridized carbons (Fsp3) is 0.714. The highest BCUT2D eigenvalue weighted by atomic mass is 16.5. The molecule has 0 saturated carbocycles. The lowest BCUT2D eigenvalue weighted by atomic mass is 10.1. The minimum absolute atomic E-state index is 0.243. The first-order chi connectivity index (χ1) is 11.1. The van der Waals surface area contributed by atoms with Gasteiger partial charge in [0, 0.05) is 34.3 Å². The van der Waals surface area contributed by atoms with Crippen molar-refractivity contribution in [2.24, 2.45) is 4.99 Å². The van der Waals surface area contributed by atoms with E-state index in [2.05, 4.69) is 14.9 Å². The average Bonchev–Trinajstić information content (AvgIpc) is 2.96. The van der Waals surface area contributed by atoms with Gasteiger partial charge in [0.2, 0.25) is 11.9 Å². The largest absolute Gasteiger partial charge is 0.392 e. The Balaban J connectivity index is 2.01. The van der Waals surface area contributed by atoms with Gasteiger partial charge in [-0.05, 0) is 0 Å². The Labute approximate surface area is 135 Å². The average molecular weight is 323 g/mol. The summed E-state index contributed by atoms with van der Waals surface area (Å²) in [6.07, 6.45) is 0. The van der Waals surface area contributed by atoms with Gasteiger partial charge in [-0.3, -0.25) is 19.2 Å². The van der Waals surface area contributed by atoms with E-state index in [4.69, 9.17) is 4.74 Å². The summed E-state index contributed by atoms with van der Waals surface area (Å²) >= 11 is 0. The number of fused-ring (bicyclic) bond motifs is 1. The van der Waals surface area contributed by atoms with Crippen LogP contribution in [0.5, 0.6) is 0 Å². The van der Waals surface area contributed by atoms with Gasteiger partial charge in [0.1, 0.15) is 0 Å². The molecule has 1 N–H and O–H groups in total. The first-order valence-corrected chi connectivity index (χ1v) is 7.78. The van der Waals surface area contributed by atoms with Crippen LogP contribution in [0.2, 0.25) is 0 Å². The molecule has 0 aromatic rings. The second-order valence-electron chi connectivity index (χ2n) is 5.83. The lowest BCUT2D eigenvalue weighted by molar-refractivity contribution is -0.537. The van der Waals surface area contributed by atoms with Crippen LogP contribution in [0.3, 0.4) is 0 Å². The third-order valence-corrected chi connectivity index (χ3v) is 4.45. The van der Waals surface area contributed by atoms with Gasteiger partial charge in [0.05, 0.1) is 26.2 Å². The molecule has 9 heteroatoms. The van der Waals surface area contributed by atoms with Crippen molar-refractivity contribution >= 4 is 23.7 Å². The molecular formula is C14H23N6O3+. The molecule has 0 aromatic heterocycles. The summed E-state index contributed by atoms with van der Waals surface area (Å²) in [6, 6.07) is -0.902. The molecule has 0 radical (unpaired) electrons. The van der Waals surface area contributed by atoms with Gasteiger partial charge in [-0.15, -0.1) is 0 Å². The molecule has 3 aliphatic rings. The Kier molecular flexibility index (Phi) is 4.31. The standard InChI is InChI=1S/C14H23N6O3/c1-17-11-10(12(21)18(2)14(17)22)20(8-9-23-3)13(16-11)19-6-4-15-5-7-19/h10,15H,4-9H2,1-3H3/q+1. The summed E-state index contributed by atoms with van der Waals surface area (Å²) in [7, 11) is 4.80. The van der Waals surface area contributed by atoms with E-state index in [1.165, 1.54) is 11.9 Å². The number of aliphatic imine (C=N–C) groups is 1. The van der Waals surface area contributed by atoms with Crippen LogP contribution in [-0.4, -0.2) is 110 Å². The number of nitrogens with zero attached hydrogens (tertiary/aromatic N) is 5. The van der Waals surface area contributed by atoms with Crippen LogP contribution in [0.1, 0.15) is 0 Å². The molecule has 0 spiro atoms. The number of amidine groups is 1. The number of amides is 3. The number of hydrogen-bond donors (Lipinski definition) is 1. The number of carbonyl (C=O) groups is 2. The van der Waals surface area contributed by atoms with Crippen LogP contribution in [0.4, 0.5) is 4.79 Å². The van der Waals surface area contributed by atoms with E-state index in [0.29, 0.717) is 19.0 Å². The summed E-state index contributed by atoms with van der Waals surface area (Å²) in [5, 5.41) is 3.30. The van der Waals surface area contributed by atoms with Crippen molar-refractivity contribution in [1.29, 1.82) is 0 Å². The Morgan fingerprint density at radius 1 is 1.26 bits per heavy atom. The SMILES string of the molecule is COCCN1C(=[N+]2CCNCC2)N=C2C1C(=O)N(C)C(=O)N2C. The van der Waals surface area contributed by atoms with Crippen LogP contribution < -0.4 is 5.32 Å². The molecule has 3 amide bonds. The number of ether oxygens (including phenoxy) is 1. The fourth-order valence-corrected chi connectivity index (χ4v) is 3.12. The van der Waals surface area contributed by atoms with Crippen molar-refractivity contribution in [3.8, 4) is 0 Å².